The molecule has 0 aliphatic carbocycles. The van der Waals surface area contributed by atoms with Gasteiger partial charge in [-0.25, -0.2) is 4.98 Å². The maximum absolute atomic E-state index is 10.4. The lowest BCUT2D eigenvalue weighted by Crippen LogP contribution is -2.15. The first-order chi connectivity index (χ1) is 12.0. The lowest BCUT2D eigenvalue weighted by atomic mass is 9.99. The van der Waals surface area contributed by atoms with Crippen molar-refractivity contribution in [3.05, 3.63) is 59.0 Å². The van der Waals surface area contributed by atoms with E-state index in [0.717, 1.165) is 35.0 Å². The molecule has 6 heteroatoms. The number of benzene rings is 1. The fourth-order valence-electron chi connectivity index (χ4n) is 3.16. The second-order valence-electron chi connectivity index (χ2n) is 6.40. The maximum Gasteiger partial charge on any atom is 0.130 e. The Morgan fingerprint density at radius 1 is 1.24 bits per heavy atom. The van der Waals surface area contributed by atoms with E-state index in [1.54, 1.807) is 16.9 Å². The molecule has 0 amide bonds. The number of fused-ring (bicyclic) bond motifs is 1. The normalized spacial score (nSPS) is 13.9. The molecule has 2 atom stereocenters. The SMILES string of the molecule is Cn1ncc2cc(Cl)nc(CC(O)CCCC(N)c3ccccc3)c21. The van der Waals surface area contributed by atoms with Gasteiger partial charge in [-0.1, -0.05) is 41.9 Å². The molecule has 2 unspecified atom stereocenters. The van der Waals surface area contributed by atoms with E-state index in [9.17, 15) is 5.11 Å². The molecule has 0 saturated carbocycles. The number of nitrogens with zero attached hydrogens (tertiary/aromatic N) is 3. The summed E-state index contributed by atoms with van der Waals surface area (Å²) in [4.78, 5) is 4.39. The predicted molar refractivity (Wildman–Crippen MR) is 100 cm³/mol. The van der Waals surface area contributed by atoms with Crippen molar-refractivity contribution in [3.8, 4) is 0 Å². The molecular weight excluding hydrogens is 336 g/mol. The van der Waals surface area contributed by atoms with Gasteiger partial charge in [-0.3, -0.25) is 4.68 Å². The van der Waals surface area contributed by atoms with Crippen LogP contribution < -0.4 is 5.73 Å². The van der Waals surface area contributed by atoms with Gasteiger partial charge in [0.1, 0.15) is 5.15 Å². The van der Waals surface area contributed by atoms with Crippen molar-refractivity contribution >= 4 is 22.5 Å². The molecule has 0 saturated heterocycles. The van der Waals surface area contributed by atoms with E-state index in [-0.39, 0.29) is 6.04 Å². The first-order valence-electron chi connectivity index (χ1n) is 8.50. The number of aromatic nitrogens is 3. The zero-order valence-corrected chi connectivity index (χ0v) is 15.0. The van der Waals surface area contributed by atoms with Crippen molar-refractivity contribution in [3.63, 3.8) is 0 Å². The summed E-state index contributed by atoms with van der Waals surface area (Å²) in [7, 11) is 1.87. The topological polar surface area (TPSA) is 77.0 Å². The second kappa shape index (κ2) is 7.95. The van der Waals surface area contributed by atoms with Crippen molar-refractivity contribution in [1.29, 1.82) is 0 Å². The van der Waals surface area contributed by atoms with Crippen LogP contribution in [0.3, 0.4) is 0 Å². The van der Waals surface area contributed by atoms with Gasteiger partial charge in [-0.05, 0) is 30.9 Å². The minimum Gasteiger partial charge on any atom is -0.393 e. The van der Waals surface area contributed by atoms with Crippen LogP contribution in [-0.2, 0) is 13.5 Å². The summed E-state index contributed by atoms with van der Waals surface area (Å²) in [5.74, 6) is 0. The Hall–Kier alpha value is -1.95. The Labute approximate surface area is 152 Å². The van der Waals surface area contributed by atoms with Gasteiger partial charge in [0.15, 0.2) is 0 Å². The highest BCUT2D eigenvalue weighted by Crippen LogP contribution is 2.23. The van der Waals surface area contributed by atoms with Crippen LogP contribution >= 0.6 is 11.6 Å². The molecule has 5 nitrogen and oxygen atoms in total. The Balaban J connectivity index is 1.58. The summed E-state index contributed by atoms with van der Waals surface area (Å²) in [5, 5.41) is 16.0. The number of hydrogen-bond donors (Lipinski definition) is 2. The number of nitrogens with two attached hydrogens (primary N) is 1. The number of aryl methyl sites for hydroxylation is 1. The number of rotatable bonds is 7. The summed E-state index contributed by atoms with van der Waals surface area (Å²) in [6, 6.07) is 11.8. The Morgan fingerprint density at radius 2 is 2.00 bits per heavy atom. The third kappa shape index (κ3) is 4.37. The third-order valence-corrected chi connectivity index (χ3v) is 4.66. The van der Waals surface area contributed by atoms with Crippen molar-refractivity contribution < 1.29 is 5.11 Å². The Bertz CT molecular complexity index is 834. The average molecular weight is 359 g/mol. The van der Waals surface area contributed by atoms with E-state index >= 15 is 0 Å². The highest BCUT2D eigenvalue weighted by Gasteiger charge is 2.15. The van der Waals surface area contributed by atoms with E-state index in [0.29, 0.717) is 18.0 Å². The van der Waals surface area contributed by atoms with Crippen LogP contribution in [0.15, 0.2) is 42.6 Å². The largest absolute Gasteiger partial charge is 0.393 e. The fourth-order valence-corrected chi connectivity index (χ4v) is 3.38. The van der Waals surface area contributed by atoms with Crippen LogP contribution in [0.1, 0.15) is 36.6 Å². The molecule has 1 aromatic carbocycles. The second-order valence-corrected chi connectivity index (χ2v) is 6.79. The van der Waals surface area contributed by atoms with Crippen LogP contribution in [0, 0.1) is 0 Å². The monoisotopic (exact) mass is 358 g/mol. The highest BCUT2D eigenvalue weighted by molar-refractivity contribution is 6.30. The van der Waals surface area contributed by atoms with Crippen molar-refractivity contribution in [2.24, 2.45) is 12.8 Å². The van der Waals surface area contributed by atoms with Gasteiger partial charge in [0.25, 0.3) is 0 Å². The van der Waals surface area contributed by atoms with Crippen LogP contribution in [-0.4, -0.2) is 26.0 Å². The van der Waals surface area contributed by atoms with E-state index in [1.165, 1.54) is 0 Å². The Morgan fingerprint density at radius 3 is 2.76 bits per heavy atom. The highest BCUT2D eigenvalue weighted by atomic mass is 35.5. The van der Waals surface area contributed by atoms with E-state index < -0.39 is 6.10 Å². The molecule has 25 heavy (non-hydrogen) atoms. The molecule has 0 bridgehead atoms. The summed E-state index contributed by atoms with van der Waals surface area (Å²) >= 11 is 6.08. The lowest BCUT2D eigenvalue weighted by molar-refractivity contribution is 0.159. The predicted octanol–water partition coefficient (Wildman–Crippen LogP) is 3.40. The van der Waals surface area contributed by atoms with Gasteiger partial charge in [0, 0.05) is 24.9 Å². The first-order valence-corrected chi connectivity index (χ1v) is 8.88. The summed E-state index contributed by atoms with van der Waals surface area (Å²) < 4.78 is 1.77. The zero-order chi connectivity index (χ0) is 17.8. The number of aliphatic hydroxyl groups is 1. The van der Waals surface area contributed by atoms with E-state index in [2.05, 4.69) is 10.1 Å². The molecule has 0 aliphatic rings. The molecule has 3 N–H and O–H groups in total. The molecule has 0 aliphatic heterocycles. The van der Waals surface area contributed by atoms with Gasteiger partial charge in [0.2, 0.25) is 0 Å². The summed E-state index contributed by atoms with van der Waals surface area (Å²) in [6.07, 6.45) is 4.10. The number of hydrogen-bond acceptors (Lipinski definition) is 4. The smallest absolute Gasteiger partial charge is 0.130 e. The molecule has 132 valence electrons. The van der Waals surface area contributed by atoms with Crippen LogP contribution in [0.4, 0.5) is 0 Å². The van der Waals surface area contributed by atoms with E-state index in [4.69, 9.17) is 17.3 Å². The van der Waals surface area contributed by atoms with Gasteiger partial charge in [0.05, 0.1) is 23.5 Å². The summed E-state index contributed by atoms with van der Waals surface area (Å²) in [5.41, 5.74) is 9.04. The standard InChI is InChI=1S/C19H23ClN4O/c1-24-19-14(12-22-24)10-18(20)23-17(19)11-15(25)8-5-9-16(21)13-6-3-2-4-7-13/h2-4,6-7,10,12,15-16,25H,5,8-9,11,21H2,1H3. The first kappa shape index (κ1) is 17.9. The van der Waals surface area contributed by atoms with Gasteiger partial charge in [-0.15, -0.1) is 0 Å². The summed E-state index contributed by atoms with van der Waals surface area (Å²) in [6.45, 7) is 0. The number of pyridine rings is 1. The van der Waals surface area contributed by atoms with Crippen LogP contribution in [0.2, 0.25) is 5.15 Å². The molecule has 0 spiro atoms. The average Bonchev–Trinajstić information content (AvgIpc) is 2.96. The third-order valence-electron chi connectivity index (χ3n) is 4.47. The minimum absolute atomic E-state index is 0.00137. The van der Waals surface area contributed by atoms with E-state index in [1.807, 2.05) is 37.4 Å². The minimum atomic E-state index is -0.480. The zero-order valence-electron chi connectivity index (χ0n) is 14.3. The van der Waals surface area contributed by atoms with Crippen molar-refractivity contribution in [1.82, 2.24) is 14.8 Å². The molecular formula is C19H23ClN4O. The van der Waals surface area contributed by atoms with Crippen molar-refractivity contribution in [2.75, 3.05) is 0 Å². The number of halogens is 1. The van der Waals surface area contributed by atoms with Gasteiger partial charge in [-0.2, -0.15) is 5.10 Å². The number of aliphatic hydroxyl groups excluding tert-OH is 1. The Kier molecular flexibility index (Phi) is 5.68. The maximum atomic E-state index is 10.4. The quantitative estimate of drug-likeness (QED) is 0.634. The molecule has 0 fully saturated rings. The molecule has 2 aromatic heterocycles. The molecule has 3 rings (SSSR count). The van der Waals surface area contributed by atoms with Gasteiger partial charge < -0.3 is 10.8 Å². The molecule has 2 heterocycles. The fraction of sp³-hybridized carbons (Fsp3) is 0.368. The van der Waals surface area contributed by atoms with Gasteiger partial charge >= 0.3 is 0 Å². The molecule has 0 radical (unpaired) electrons. The lowest BCUT2D eigenvalue weighted by Gasteiger charge is -2.15. The van der Waals surface area contributed by atoms with Crippen LogP contribution in [0.25, 0.3) is 10.9 Å². The molecule has 3 aromatic rings. The van der Waals surface area contributed by atoms with Crippen LogP contribution in [0.5, 0.6) is 0 Å². The van der Waals surface area contributed by atoms with Crippen molar-refractivity contribution in [2.45, 2.75) is 37.8 Å².